The maximum atomic E-state index is 11.3. The van der Waals surface area contributed by atoms with Crippen LogP contribution in [0.15, 0.2) is 235 Å². The number of amides is 2. The van der Waals surface area contributed by atoms with Crippen LogP contribution in [0.1, 0.15) is 79.7 Å². The van der Waals surface area contributed by atoms with Crippen molar-refractivity contribution in [3.05, 3.63) is 252 Å². The summed E-state index contributed by atoms with van der Waals surface area (Å²) in [4.78, 5) is 48.4. The summed E-state index contributed by atoms with van der Waals surface area (Å²) in [7, 11) is 15.7. The van der Waals surface area contributed by atoms with Gasteiger partial charge in [0.05, 0.1) is 13.6 Å². The molecule has 0 aromatic heterocycles. The van der Waals surface area contributed by atoms with Crippen LogP contribution < -0.4 is 31.8 Å². The van der Waals surface area contributed by atoms with Gasteiger partial charge in [0.25, 0.3) is 0 Å². The molecule has 0 aliphatic rings. The molecule has 8 aromatic carbocycles. The summed E-state index contributed by atoms with van der Waals surface area (Å²) in [5.41, 5.74) is 1.21. The SMILES string of the molecule is C.C.C#CCCCC(=O)N(C)C.CI.CN(C)C(=O)CCCC#Cc1cccc(C(=O)O)c1.ICI.O=C(O)c1cccc(Br)c1.[Cl][Pd][Cl].c1ccc(P(c2ccccc2)c2ccccc2)cc1.c1ccc(P(c2ccccc2)c2ccccc2)cc1. The number of alkyl halides is 3. The molecule has 0 saturated carbocycles. The van der Waals surface area contributed by atoms with Gasteiger partial charge in [-0.3, -0.25) is 9.59 Å². The number of nitrogens with zero attached hydrogens (tertiary/aromatic N) is 2. The average Bonchev–Trinajstić information content (AvgIpc) is 2.02. The van der Waals surface area contributed by atoms with Crippen molar-refractivity contribution in [2.75, 3.05) is 35.6 Å². The Balaban J connectivity index is 0. The van der Waals surface area contributed by atoms with Crippen molar-refractivity contribution in [1.29, 1.82) is 0 Å². The minimum Gasteiger partial charge on any atom is -0.0622 e. The molecular formula is C70H78BrCl2I3N2O6P2Pd. The second-order valence-corrected chi connectivity index (χ2v) is 29.5. The number of terminal acetylenes is 1. The van der Waals surface area contributed by atoms with Gasteiger partial charge in [0, 0.05) is 63.9 Å². The first kappa shape index (κ1) is 84.6. The molecule has 0 heterocycles. The van der Waals surface area contributed by atoms with Crippen LogP contribution in [0.4, 0.5) is 0 Å². The number of aromatic carboxylic acids is 2. The van der Waals surface area contributed by atoms with E-state index in [1.165, 1.54) is 40.3 Å². The number of carbonyl (C=O) groups is 4. The van der Waals surface area contributed by atoms with Crippen molar-refractivity contribution in [2.45, 2.75) is 53.4 Å². The van der Waals surface area contributed by atoms with Crippen LogP contribution >= 0.6 is 119 Å². The summed E-state index contributed by atoms with van der Waals surface area (Å²) in [6, 6.07) is 77.7. The third kappa shape index (κ3) is 38.0. The summed E-state index contributed by atoms with van der Waals surface area (Å²) in [5.74, 6) is 6.73. The molecule has 0 aliphatic carbocycles. The van der Waals surface area contributed by atoms with Gasteiger partial charge in [-0.1, -0.05) is 305 Å². The molecule has 2 N–H and O–H groups in total. The third-order valence-electron chi connectivity index (χ3n) is 10.9. The second kappa shape index (κ2) is 54.5. The number of carboxylic acid groups (broad SMARTS) is 2. The van der Waals surface area contributed by atoms with E-state index in [1.807, 2.05) is 4.93 Å². The van der Waals surface area contributed by atoms with Gasteiger partial charge in [0.1, 0.15) is 0 Å². The van der Waals surface area contributed by atoms with Crippen molar-refractivity contribution in [3.8, 4) is 24.2 Å². The predicted octanol–water partition coefficient (Wildman–Crippen LogP) is 17.4. The Kier molecular flexibility index (Phi) is 53.0. The number of rotatable bonds is 14. The number of halogens is 6. The van der Waals surface area contributed by atoms with Gasteiger partial charge in [-0.15, -0.1) is 12.3 Å². The molecule has 0 fully saturated rings. The van der Waals surface area contributed by atoms with E-state index in [-0.39, 0.29) is 48.2 Å². The number of benzene rings is 8. The molecule has 0 spiro atoms. The van der Waals surface area contributed by atoms with Crippen molar-refractivity contribution in [3.63, 3.8) is 0 Å². The van der Waals surface area contributed by atoms with Crippen LogP contribution in [0.3, 0.4) is 0 Å². The minimum absolute atomic E-state index is 0. The zero-order chi connectivity index (χ0) is 63.0. The topological polar surface area (TPSA) is 115 Å². The Bertz CT molecular complexity index is 2880. The first-order chi connectivity index (χ1) is 41.1. The third-order valence-corrected chi connectivity index (χ3v) is 16.3. The molecule has 0 bridgehead atoms. The van der Waals surface area contributed by atoms with E-state index in [4.69, 9.17) is 35.7 Å². The molecule has 466 valence electrons. The maximum absolute atomic E-state index is 11.3. The van der Waals surface area contributed by atoms with Gasteiger partial charge in [-0.25, -0.2) is 9.59 Å². The van der Waals surface area contributed by atoms with E-state index in [0.29, 0.717) is 43.2 Å². The number of carboxylic acids is 2. The summed E-state index contributed by atoms with van der Waals surface area (Å²) >= 11 is 9.76. The van der Waals surface area contributed by atoms with Crippen molar-refractivity contribution in [2.24, 2.45) is 0 Å². The zero-order valence-electron chi connectivity index (χ0n) is 47.9. The Hall–Kier alpha value is -4.47. The average molecular weight is 1740 g/mol. The van der Waals surface area contributed by atoms with Crippen LogP contribution in [0, 0.1) is 24.2 Å². The molecule has 0 aliphatic heterocycles. The molecule has 0 radical (unpaired) electrons. The van der Waals surface area contributed by atoms with Crippen LogP contribution in [0.25, 0.3) is 0 Å². The van der Waals surface area contributed by atoms with Crippen LogP contribution in [0.2, 0.25) is 0 Å². The Morgan fingerprint density at radius 2 is 0.770 bits per heavy atom. The van der Waals surface area contributed by atoms with Gasteiger partial charge in [-0.05, 0) is 102 Å². The molecular weight excluding hydrogens is 1660 g/mol. The standard InChI is InChI=1S/2C18H15P.C15H17NO3.C8H13NO.C7H5BrO2.CH2I2.CH3I.2CH4.2ClH.Pd/c2*1-4-10-16(11-5-1)19(17-12-6-2-7-13-17)18-14-8-3-9-15-18;1-16(2)14(17)10-5-3-4-7-12-8-6-9-13(11-12)15(18)19;1-4-5-6-7-8(10)9(2)3;8-6-3-1-2-5(4-6)7(9)10;2-1-3;1-2;;;;;/h2*1-15H;6,8-9,11H,3,5,10H2,1-2H3,(H,18,19);1H,5-7H2,2-3H3;1-4H,(H,9,10);1H2;1H3;2*1H4;2*1H;/q;;;;;;;;;;;+2/p-2. The van der Waals surface area contributed by atoms with Crippen LogP contribution in [0.5, 0.6) is 0 Å². The molecule has 0 saturated heterocycles. The zero-order valence-corrected chi connectivity index (χ0v) is 60.8. The molecule has 0 unspecified atom stereocenters. The van der Waals surface area contributed by atoms with E-state index in [2.05, 4.69) is 283 Å². The van der Waals surface area contributed by atoms with Crippen LogP contribution in [-0.2, 0) is 25.5 Å². The van der Waals surface area contributed by atoms with Gasteiger partial charge in [-0.2, -0.15) is 0 Å². The summed E-state index contributed by atoms with van der Waals surface area (Å²) in [6.45, 7) is 0. The normalized spacial score (nSPS) is 9.24. The van der Waals surface area contributed by atoms with Gasteiger partial charge >= 0.3 is 46.9 Å². The Labute approximate surface area is 587 Å². The fourth-order valence-electron chi connectivity index (χ4n) is 6.99. The number of unbranched alkanes of at least 4 members (excludes halogenated alkanes) is 2. The summed E-state index contributed by atoms with van der Waals surface area (Å²) in [5, 5.41) is 25.7. The van der Waals surface area contributed by atoms with Gasteiger partial charge < -0.3 is 20.0 Å². The first-order valence-electron chi connectivity index (χ1n) is 26.0. The molecule has 87 heavy (non-hydrogen) atoms. The number of hydrogen-bond acceptors (Lipinski definition) is 4. The molecule has 8 nitrogen and oxygen atoms in total. The number of hydrogen-bond donors (Lipinski definition) is 2. The quantitative estimate of drug-likeness (QED) is 0.0280. The molecule has 2 amide bonds. The minimum atomic E-state index is -0.958. The van der Waals surface area contributed by atoms with E-state index >= 15 is 0 Å². The molecule has 8 rings (SSSR count). The Morgan fingerprint density at radius 1 is 0.494 bits per heavy atom. The second-order valence-electron chi connectivity index (χ2n) is 17.3. The van der Waals surface area contributed by atoms with Gasteiger partial charge in [0.2, 0.25) is 11.8 Å². The van der Waals surface area contributed by atoms with Crippen LogP contribution in [-0.4, -0.2) is 79.3 Å². The smallest absolute Gasteiger partial charge is 0.0134 e. The maximum Gasteiger partial charge on any atom is -0.0134 e. The fraction of sp³-hybridized carbons (Fsp3) is 0.200. The summed E-state index contributed by atoms with van der Waals surface area (Å²) in [6.07, 6.45) is 8.89. The first-order valence-corrected chi connectivity index (χ1v) is 38.7. The van der Waals surface area contributed by atoms with Gasteiger partial charge in [0.15, 0.2) is 0 Å². The van der Waals surface area contributed by atoms with E-state index in [9.17, 15) is 19.2 Å². The summed E-state index contributed by atoms with van der Waals surface area (Å²) < 4.78 is 1.97. The van der Waals surface area contributed by atoms with Crippen molar-refractivity contribution >= 4 is 174 Å². The molecule has 8 aromatic rings. The fourth-order valence-corrected chi connectivity index (χ4v) is 12.0. The number of carbonyl (C=O) groups excluding carboxylic acids is 2. The van der Waals surface area contributed by atoms with Crippen molar-refractivity contribution in [1.82, 2.24) is 9.80 Å². The Morgan fingerprint density at radius 3 is 1.02 bits per heavy atom. The van der Waals surface area contributed by atoms with Crippen molar-refractivity contribution < 1.29 is 45.3 Å². The molecule has 0 atom stereocenters. The predicted molar refractivity (Wildman–Crippen MR) is 404 cm³/mol. The largest absolute Gasteiger partial charge is 0.0622 e. The monoisotopic (exact) mass is 1740 g/mol. The molecule has 17 heteroatoms. The van der Waals surface area contributed by atoms with E-state index in [1.54, 1.807) is 80.5 Å². The van der Waals surface area contributed by atoms with E-state index in [0.717, 1.165) is 10.9 Å². The van der Waals surface area contributed by atoms with E-state index < -0.39 is 27.8 Å².